The Balaban J connectivity index is 2.84. The molecule has 1 aromatic rings. The van der Waals surface area contributed by atoms with Crippen molar-refractivity contribution in [1.29, 1.82) is 0 Å². The Kier molecular flexibility index (Phi) is 4.82. The highest BCUT2D eigenvalue weighted by molar-refractivity contribution is 5.54. The summed E-state index contributed by atoms with van der Waals surface area (Å²) >= 11 is 0. The summed E-state index contributed by atoms with van der Waals surface area (Å²) in [5.74, 6) is 1.31. The smallest absolute Gasteiger partial charge is 0.239 e. The van der Waals surface area contributed by atoms with Crippen LogP contribution in [0.15, 0.2) is 12.1 Å². The Morgan fingerprint density at radius 3 is 2.61 bits per heavy atom. The maximum Gasteiger partial charge on any atom is 0.239 e. The van der Waals surface area contributed by atoms with Gasteiger partial charge in [-0.15, -0.1) is 0 Å². The number of aromatic nitrogens is 1. The number of nitrogen functional groups attached to an aromatic ring is 1. The number of nitrogens with one attached hydrogen (secondary N) is 1. The molecule has 18 heavy (non-hydrogen) atoms. The molecule has 0 atom stereocenters. The van der Waals surface area contributed by atoms with Gasteiger partial charge >= 0.3 is 0 Å². The first-order valence-corrected chi connectivity index (χ1v) is 6.55. The predicted octanol–water partition coefficient (Wildman–Crippen LogP) is 3.44. The third kappa shape index (κ3) is 4.43. The summed E-state index contributed by atoms with van der Waals surface area (Å²) < 4.78 is 5.58. The normalized spacial score (nSPS) is 11.7. The van der Waals surface area contributed by atoms with Gasteiger partial charge in [-0.2, -0.15) is 4.98 Å². The first-order valence-electron chi connectivity index (χ1n) is 6.55. The maximum absolute atomic E-state index is 5.84. The van der Waals surface area contributed by atoms with E-state index in [9.17, 15) is 0 Å². The van der Waals surface area contributed by atoms with Crippen molar-refractivity contribution in [2.75, 3.05) is 11.1 Å². The molecule has 4 heteroatoms. The fraction of sp³-hybridized carbons (Fsp3) is 0.643. The van der Waals surface area contributed by atoms with Crippen molar-refractivity contribution in [3.63, 3.8) is 0 Å². The van der Waals surface area contributed by atoms with Crippen molar-refractivity contribution < 1.29 is 4.74 Å². The number of rotatable bonds is 6. The standard InChI is InChI=1S/C14H25N3O/c1-6-9-14(4,5)17-12-8-7-11(15)13(16-12)18-10(2)3/h7-8,10H,6,9,15H2,1-5H3,(H,16,17). The number of hydrogen-bond acceptors (Lipinski definition) is 4. The van der Waals surface area contributed by atoms with Gasteiger partial charge in [0, 0.05) is 5.54 Å². The molecule has 0 bridgehead atoms. The molecule has 0 saturated carbocycles. The lowest BCUT2D eigenvalue weighted by Crippen LogP contribution is -2.31. The molecule has 0 fully saturated rings. The van der Waals surface area contributed by atoms with E-state index in [0.29, 0.717) is 11.6 Å². The van der Waals surface area contributed by atoms with Gasteiger partial charge in [0.1, 0.15) is 5.82 Å². The summed E-state index contributed by atoms with van der Waals surface area (Å²) in [6, 6.07) is 3.72. The highest BCUT2D eigenvalue weighted by atomic mass is 16.5. The SMILES string of the molecule is CCCC(C)(C)Nc1ccc(N)c(OC(C)C)n1. The average Bonchev–Trinajstić information content (AvgIpc) is 2.21. The first-order chi connectivity index (χ1) is 8.34. The maximum atomic E-state index is 5.84. The van der Waals surface area contributed by atoms with Crippen LogP contribution in [0.4, 0.5) is 11.5 Å². The number of pyridine rings is 1. The zero-order valence-corrected chi connectivity index (χ0v) is 12.1. The minimum absolute atomic E-state index is 0.0208. The average molecular weight is 251 g/mol. The molecule has 1 rings (SSSR count). The lowest BCUT2D eigenvalue weighted by Gasteiger charge is -2.26. The van der Waals surface area contributed by atoms with E-state index in [2.05, 4.69) is 31.1 Å². The van der Waals surface area contributed by atoms with Gasteiger partial charge in [-0.05, 0) is 46.2 Å². The molecule has 0 spiro atoms. The van der Waals surface area contributed by atoms with Gasteiger partial charge in [0.2, 0.25) is 5.88 Å². The van der Waals surface area contributed by atoms with Crippen LogP contribution in [0.25, 0.3) is 0 Å². The summed E-state index contributed by atoms with van der Waals surface area (Å²) in [5.41, 5.74) is 6.44. The summed E-state index contributed by atoms with van der Waals surface area (Å²) in [7, 11) is 0. The van der Waals surface area contributed by atoms with Crippen LogP contribution in [0.3, 0.4) is 0 Å². The molecule has 1 heterocycles. The minimum Gasteiger partial charge on any atom is -0.473 e. The van der Waals surface area contributed by atoms with Crippen LogP contribution in [0, 0.1) is 0 Å². The zero-order chi connectivity index (χ0) is 13.8. The lowest BCUT2D eigenvalue weighted by atomic mass is 9.99. The van der Waals surface area contributed by atoms with E-state index < -0.39 is 0 Å². The molecule has 0 amide bonds. The Labute approximate surface area is 110 Å². The van der Waals surface area contributed by atoms with Crippen LogP contribution >= 0.6 is 0 Å². The van der Waals surface area contributed by atoms with E-state index in [4.69, 9.17) is 10.5 Å². The quantitative estimate of drug-likeness (QED) is 0.813. The van der Waals surface area contributed by atoms with E-state index in [1.54, 1.807) is 0 Å². The number of ether oxygens (including phenoxy) is 1. The summed E-state index contributed by atoms with van der Waals surface area (Å²) in [6.07, 6.45) is 2.28. The molecule has 1 aromatic heterocycles. The molecule has 0 radical (unpaired) electrons. The fourth-order valence-electron chi connectivity index (χ4n) is 1.87. The molecule has 4 nitrogen and oxygen atoms in total. The van der Waals surface area contributed by atoms with Crippen LogP contribution in [0.2, 0.25) is 0 Å². The molecule has 0 aliphatic carbocycles. The first kappa shape index (κ1) is 14.6. The van der Waals surface area contributed by atoms with Gasteiger partial charge in [-0.3, -0.25) is 0 Å². The summed E-state index contributed by atoms with van der Waals surface area (Å²) in [5, 5.41) is 3.41. The Hall–Kier alpha value is -1.45. The topological polar surface area (TPSA) is 60.2 Å². The number of nitrogens with zero attached hydrogens (tertiary/aromatic N) is 1. The van der Waals surface area contributed by atoms with Gasteiger partial charge in [-0.25, -0.2) is 0 Å². The van der Waals surface area contributed by atoms with Crippen molar-refractivity contribution in [2.24, 2.45) is 0 Å². The van der Waals surface area contributed by atoms with Crippen LogP contribution in [-0.2, 0) is 0 Å². The van der Waals surface area contributed by atoms with E-state index in [-0.39, 0.29) is 11.6 Å². The molecular formula is C14H25N3O. The molecule has 0 unspecified atom stereocenters. The van der Waals surface area contributed by atoms with Crippen molar-refractivity contribution in [2.45, 2.75) is 59.1 Å². The lowest BCUT2D eigenvalue weighted by molar-refractivity contribution is 0.234. The van der Waals surface area contributed by atoms with Gasteiger partial charge in [0.05, 0.1) is 11.8 Å². The van der Waals surface area contributed by atoms with Crippen LogP contribution in [0.5, 0.6) is 5.88 Å². The highest BCUT2D eigenvalue weighted by Crippen LogP contribution is 2.25. The van der Waals surface area contributed by atoms with E-state index in [0.717, 1.165) is 18.7 Å². The van der Waals surface area contributed by atoms with Gasteiger partial charge in [0.25, 0.3) is 0 Å². The predicted molar refractivity (Wildman–Crippen MR) is 77.0 cm³/mol. The molecule has 0 aliphatic heterocycles. The molecule has 0 aliphatic rings. The number of nitrogens with two attached hydrogens (primary N) is 1. The second kappa shape index (κ2) is 5.94. The largest absolute Gasteiger partial charge is 0.473 e. The van der Waals surface area contributed by atoms with Gasteiger partial charge in [-0.1, -0.05) is 13.3 Å². The summed E-state index contributed by atoms with van der Waals surface area (Å²) in [6.45, 7) is 10.4. The van der Waals surface area contributed by atoms with Crippen molar-refractivity contribution in [1.82, 2.24) is 4.98 Å². The third-order valence-electron chi connectivity index (χ3n) is 2.58. The number of anilines is 2. The van der Waals surface area contributed by atoms with Gasteiger partial charge < -0.3 is 15.8 Å². The Bertz CT molecular complexity index is 389. The van der Waals surface area contributed by atoms with E-state index in [1.165, 1.54) is 0 Å². The third-order valence-corrected chi connectivity index (χ3v) is 2.58. The molecule has 0 saturated heterocycles. The van der Waals surface area contributed by atoms with Crippen molar-refractivity contribution in [3.8, 4) is 5.88 Å². The monoisotopic (exact) mass is 251 g/mol. The minimum atomic E-state index is 0.0208. The molecule has 102 valence electrons. The van der Waals surface area contributed by atoms with E-state index >= 15 is 0 Å². The van der Waals surface area contributed by atoms with Crippen LogP contribution in [0.1, 0.15) is 47.5 Å². The van der Waals surface area contributed by atoms with E-state index in [1.807, 2.05) is 26.0 Å². The zero-order valence-electron chi connectivity index (χ0n) is 12.1. The van der Waals surface area contributed by atoms with Crippen LogP contribution < -0.4 is 15.8 Å². The number of hydrogen-bond donors (Lipinski definition) is 2. The summed E-state index contributed by atoms with van der Waals surface area (Å²) in [4.78, 5) is 4.42. The Morgan fingerprint density at radius 1 is 1.39 bits per heavy atom. The van der Waals surface area contributed by atoms with Crippen molar-refractivity contribution >= 4 is 11.5 Å². The fourth-order valence-corrected chi connectivity index (χ4v) is 1.87. The highest BCUT2D eigenvalue weighted by Gasteiger charge is 2.17. The van der Waals surface area contributed by atoms with Crippen LogP contribution in [-0.4, -0.2) is 16.6 Å². The van der Waals surface area contributed by atoms with Gasteiger partial charge in [0.15, 0.2) is 0 Å². The second-order valence-corrected chi connectivity index (χ2v) is 5.52. The molecule has 3 N–H and O–H groups in total. The molecule has 0 aromatic carbocycles. The second-order valence-electron chi connectivity index (χ2n) is 5.52. The Morgan fingerprint density at radius 2 is 2.06 bits per heavy atom. The molecular weight excluding hydrogens is 226 g/mol. The van der Waals surface area contributed by atoms with Crippen molar-refractivity contribution in [3.05, 3.63) is 12.1 Å².